The molecule has 1 fully saturated rings. The van der Waals surface area contributed by atoms with Crippen molar-refractivity contribution in [1.82, 2.24) is 15.2 Å². The summed E-state index contributed by atoms with van der Waals surface area (Å²) < 4.78 is 16.2. The van der Waals surface area contributed by atoms with E-state index in [0.29, 0.717) is 33.1 Å². The van der Waals surface area contributed by atoms with Crippen LogP contribution in [0.3, 0.4) is 0 Å². The van der Waals surface area contributed by atoms with Gasteiger partial charge in [0.1, 0.15) is 11.4 Å². The smallest absolute Gasteiger partial charge is 0.293 e. The number of aromatic amines is 1. The molecule has 34 heavy (non-hydrogen) atoms. The van der Waals surface area contributed by atoms with Crippen molar-refractivity contribution in [2.24, 2.45) is 0 Å². The molecule has 0 bridgehead atoms. The fourth-order valence-corrected chi connectivity index (χ4v) is 4.49. The highest BCUT2D eigenvalue weighted by molar-refractivity contribution is 8.18. The van der Waals surface area contributed by atoms with Gasteiger partial charge in [-0.15, -0.1) is 0 Å². The first-order chi connectivity index (χ1) is 16.5. The average Bonchev–Trinajstić information content (AvgIpc) is 3.40. The standard InChI is InChI=1S/C24H23N3O6S/c1-31-17-13-18(32-2)21(33-3)20-15(17)12-16(26-20)22(28)25-9-10-27-23(29)19(34-24(27)30)11-14-7-5-4-6-8-14/h4-8,11-13,26H,9-10H2,1-3H3,(H,25,28)/b19-11-. The average molecular weight is 482 g/mol. The van der Waals surface area contributed by atoms with Crippen LogP contribution in [0.5, 0.6) is 17.2 Å². The van der Waals surface area contributed by atoms with Gasteiger partial charge in [-0.05, 0) is 29.5 Å². The van der Waals surface area contributed by atoms with Crippen LogP contribution in [-0.2, 0) is 4.79 Å². The molecule has 0 unspecified atom stereocenters. The summed E-state index contributed by atoms with van der Waals surface area (Å²) in [6.45, 7) is 0.158. The van der Waals surface area contributed by atoms with Gasteiger partial charge in [-0.3, -0.25) is 19.3 Å². The van der Waals surface area contributed by atoms with E-state index in [1.165, 1.54) is 21.3 Å². The van der Waals surface area contributed by atoms with Crippen LogP contribution in [0.25, 0.3) is 17.0 Å². The van der Waals surface area contributed by atoms with E-state index in [0.717, 1.165) is 22.2 Å². The number of nitrogens with one attached hydrogen (secondary N) is 2. The minimum atomic E-state index is -0.397. The Morgan fingerprint density at radius 3 is 2.47 bits per heavy atom. The van der Waals surface area contributed by atoms with Crippen molar-refractivity contribution in [3.05, 3.63) is 58.6 Å². The highest BCUT2D eigenvalue weighted by Gasteiger charge is 2.34. The topological polar surface area (TPSA) is 110 Å². The first-order valence-corrected chi connectivity index (χ1v) is 11.2. The molecule has 176 valence electrons. The SMILES string of the molecule is COc1cc(OC)c2cc(C(=O)NCCN3C(=O)S/C(=C\c4ccccc4)C3=O)[nH]c2c1OC. The number of amides is 3. The Morgan fingerprint density at radius 2 is 1.79 bits per heavy atom. The summed E-state index contributed by atoms with van der Waals surface area (Å²) in [4.78, 5) is 42.2. The van der Waals surface area contributed by atoms with Gasteiger partial charge in [-0.25, -0.2) is 0 Å². The van der Waals surface area contributed by atoms with E-state index in [4.69, 9.17) is 14.2 Å². The normalized spacial score (nSPS) is 14.7. The minimum Gasteiger partial charge on any atom is -0.496 e. The number of hydrogen-bond donors (Lipinski definition) is 2. The van der Waals surface area contributed by atoms with Crippen molar-refractivity contribution in [2.45, 2.75) is 0 Å². The molecule has 0 saturated carbocycles. The van der Waals surface area contributed by atoms with E-state index < -0.39 is 5.91 Å². The van der Waals surface area contributed by atoms with Crippen LogP contribution >= 0.6 is 11.8 Å². The summed E-state index contributed by atoms with van der Waals surface area (Å²) in [7, 11) is 4.54. The summed E-state index contributed by atoms with van der Waals surface area (Å²) in [6.07, 6.45) is 1.68. The van der Waals surface area contributed by atoms with Crippen LogP contribution < -0.4 is 19.5 Å². The number of aromatic nitrogens is 1. The number of carbonyl (C=O) groups is 3. The molecule has 1 aliphatic rings. The Balaban J connectivity index is 1.44. The molecule has 1 aliphatic heterocycles. The van der Waals surface area contributed by atoms with Gasteiger partial charge in [-0.1, -0.05) is 30.3 Å². The van der Waals surface area contributed by atoms with E-state index in [1.807, 2.05) is 30.3 Å². The van der Waals surface area contributed by atoms with Gasteiger partial charge in [-0.2, -0.15) is 0 Å². The Kier molecular flexibility index (Phi) is 6.78. The Bertz CT molecular complexity index is 1280. The van der Waals surface area contributed by atoms with Crippen molar-refractivity contribution < 1.29 is 28.6 Å². The van der Waals surface area contributed by atoms with Gasteiger partial charge in [0, 0.05) is 24.5 Å². The second-order valence-corrected chi connectivity index (χ2v) is 8.28. The summed E-state index contributed by atoms with van der Waals surface area (Å²) in [5, 5.41) is 3.03. The molecule has 0 aliphatic carbocycles. The number of fused-ring (bicyclic) bond motifs is 1. The van der Waals surface area contributed by atoms with Gasteiger partial charge >= 0.3 is 0 Å². The maximum absolute atomic E-state index is 12.8. The van der Waals surface area contributed by atoms with Crippen LogP contribution in [0, 0.1) is 0 Å². The van der Waals surface area contributed by atoms with Gasteiger partial charge < -0.3 is 24.5 Å². The summed E-state index contributed by atoms with van der Waals surface area (Å²) in [5.74, 6) is 0.654. The lowest BCUT2D eigenvalue weighted by molar-refractivity contribution is -0.122. The number of benzene rings is 2. The summed E-state index contributed by atoms with van der Waals surface area (Å²) in [6, 6.07) is 12.6. The number of ether oxygens (including phenoxy) is 3. The molecule has 1 saturated heterocycles. The van der Waals surface area contributed by atoms with E-state index in [-0.39, 0.29) is 29.9 Å². The number of hydrogen-bond acceptors (Lipinski definition) is 7. The van der Waals surface area contributed by atoms with E-state index in [9.17, 15) is 14.4 Å². The highest BCUT2D eigenvalue weighted by Crippen LogP contribution is 2.41. The molecule has 2 heterocycles. The van der Waals surface area contributed by atoms with Gasteiger partial charge in [0.25, 0.3) is 17.1 Å². The van der Waals surface area contributed by atoms with Gasteiger partial charge in [0.15, 0.2) is 11.5 Å². The first kappa shape index (κ1) is 23.2. The number of methoxy groups -OCH3 is 3. The Hall–Kier alpha value is -3.92. The molecular formula is C24H23N3O6S. The fraction of sp³-hybridized carbons (Fsp3) is 0.208. The second kappa shape index (κ2) is 9.92. The first-order valence-electron chi connectivity index (χ1n) is 10.4. The zero-order valence-corrected chi connectivity index (χ0v) is 19.7. The molecule has 3 amide bonds. The lowest BCUT2D eigenvalue weighted by Crippen LogP contribution is -2.37. The molecule has 0 spiro atoms. The molecular weight excluding hydrogens is 458 g/mol. The molecule has 1 aromatic heterocycles. The van der Waals surface area contributed by atoms with Gasteiger partial charge in [0.2, 0.25) is 0 Å². The second-order valence-electron chi connectivity index (χ2n) is 7.29. The third kappa shape index (κ3) is 4.44. The van der Waals surface area contributed by atoms with E-state index >= 15 is 0 Å². The zero-order valence-electron chi connectivity index (χ0n) is 18.8. The summed E-state index contributed by atoms with van der Waals surface area (Å²) >= 11 is 0.886. The predicted molar refractivity (Wildman–Crippen MR) is 129 cm³/mol. The monoisotopic (exact) mass is 481 g/mol. The third-order valence-corrected chi connectivity index (χ3v) is 6.18. The molecule has 2 aromatic carbocycles. The number of nitrogens with zero attached hydrogens (tertiary/aromatic N) is 1. The molecule has 0 atom stereocenters. The van der Waals surface area contributed by atoms with Gasteiger partial charge in [0.05, 0.1) is 31.8 Å². The Morgan fingerprint density at radius 1 is 1.06 bits per heavy atom. The molecule has 0 radical (unpaired) electrons. The number of carbonyl (C=O) groups excluding carboxylic acids is 3. The third-order valence-electron chi connectivity index (χ3n) is 5.28. The molecule has 2 N–H and O–H groups in total. The van der Waals surface area contributed by atoms with Crippen molar-refractivity contribution in [3.63, 3.8) is 0 Å². The summed E-state index contributed by atoms with van der Waals surface area (Å²) in [5.41, 5.74) is 1.67. The zero-order chi connectivity index (χ0) is 24.2. The van der Waals surface area contributed by atoms with E-state index in [2.05, 4.69) is 10.3 Å². The van der Waals surface area contributed by atoms with E-state index in [1.54, 1.807) is 18.2 Å². The lowest BCUT2D eigenvalue weighted by atomic mass is 10.2. The van der Waals surface area contributed by atoms with Crippen molar-refractivity contribution >= 4 is 45.8 Å². The van der Waals surface area contributed by atoms with Crippen molar-refractivity contribution in [1.29, 1.82) is 0 Å². The fourth-order valence-electron chi connectivity index (χ4n) is 3.63. The molecule has 9 nitrogen and oxygen atoms in total. The highest BCUT2D eigenvalue weighted by atomic mass is 32.2. The van der Waals surface area contributed by atoms with Crippen LogP contribution in [0.1, 0.15) is 16.1 Å². The van der Waals surface area contributed by atoms with Crippen LogP contribution in [-0.4, -0.2) is 61.4 Å². The number of rotatable bonds is 8. The molecule has 4 rings (SSSR count). The van der Waals surface area contributed by atoms with Crippen LogP contribution in [0.15, 0.2) is 47.4 Å². The molecule has 10 heteroatoms. The Labute approximate surface area is 200 Å². The number of imide groups is 1. The maximum atomic E-state index is 12.8. The molecule has 3 aromatic rings. The number of thioether (sulfide) groups is 1. The van der Waals surface area contributed by atoms with Crippen LogP contribution in [0.4, 0.5) is 4.79 Å². The van der Waals surface area contributed by atoms with Crippen molar-refractivity contribution in [3.8, 4) is 17.2 Å². The maximum Gasteiger partial charge on any atom is 0.293 e. The van der Waals surface area contributed by atoms with Crippen molar-refractivity contribution in [2.75, 3.05) is 34.4 Å². The largest absolute Gasteiger partial charge is 0.496 e. The lowest BCUT2D eigenvalue weighted by Gasteiger charge is -2.12. The quantitative estimate of drug-likeness (QED) is 0.473. The van der Waals surface area contributed by atoms with Crippen LogP contribution in [0.2, 0.25) is 0 Å². The number of H-pyrrole nitrogens is 1. The predicted octanol–water partition coefficient (Wildman–Crippen LogP) is 3.66. The minimum absolute atomic E-state index is 0.0588.